The van der Waals surface area contributed by atoms with E-state index in [2.05, 4.69) is 48.7 Å². The molecule has 1 aromatic carbocycles. The summed E-state index contributed by atoms with van der Waals surface area (Å²) < 4.78 is 2.27. The van der Waals surface area contributed by atoms with Crippen LogP contribution < -0.4 is 0 Å². The maximum absolute atomic E-state index is 9.41. The van der Waals surface area contributed by atoms with Crippen LogP contribution in [0.3, 0.4) is 0 Å². The number of aromatic nitrogens is 1. The quantitative estimate of drug-likeness (QED) is 0.839. The molecule has 0 saturated carbocycles. The Morgan fingerprint density at radius 3 is 2.32 bits per heavy atom. The van der Waals surface area contributed by atoms with E-state index in [1.165, 1.54) is 23.2 Å². The van der Waals surface area contributed by atoms with Crippen LogP contribution in [0.25, 0.3) is 0 Å². The van der Waals surface area contributed by atoms with Gasteiger partial charge in [0.05, 0.1) is 6.61 Å². The average molecular weight is 257 g/mol. The molecule has 0 aliphatic rings. The SMILES string of the molecule is CCCCn1c(CO)ccc1Cc1ccc(C)cc1. The van der Waals surface area contributed by atoms with Gasteiger partial charge in [0.15, 0.2) is 0 Å². The summed E-state index contributed by atoms with van der Waals surface area (Å²) in [6.07, 6.45) is 3.26. The van der Waals surface area contributed by atoms with Crippen molar-refractivity contribution in [3.05, 3.63) is 58.9 Å². The number of nitrogens with zero attached hydrogens (tertiary/aromatic N) is 1. The minimum Gasteiger partial charge on any atom is -0.390 e. The monoisotopic (exact) mass is 257 g/mol. The van der Waals surface area contributed by atoms with Crippen molar-refractivity contribution in [1.29, 1.82) is 0 Å². The van der Waals surface area contributed by atoms with E-state index < -0.39 is 0 Å². The van der Waals surface area contributed by atoms with E-state index in [1.807, 2.05) is 6.07 Å². The molecule has 1 N–H and O–H groups in total. The van der Waals surface area contributed by atoms with Crippen LogP contribution in [0.2, 0.25) is 0 Å². The Hall–Kier alpha value is -1.54. The fourth-order valence-electron chi connectivity index (χ4n) is 2.37. The van der Waals surface area contributed by atoms with Crippen LogP contribution in [0, 0.1) is 6.92 Å². The summed E-state index contributed by atoms with van der Waals surface area (Å²) in [5, 5.41) is 9.41. The summed E-state index contributed by atoms with van der Waals surface area (Å²) >= 11 is 0. The van der Waals surface area contributed by atoms with Gasteiger partial charge in [0.2, 0.25) is 0 Å². The molecular formula is C17H23NO. The largest absolute Gasteiger partial charge is 0.390 e. The van der Waals surface area contributed by atoms with Crippen molar-refractivity contribution >= 4 is 0 Å². The number of aryl methyl sites for hydroxylation is 1. The molecule has 0 aliphatic carbocycles. The van der Waals surface area contributed by atoms with E-state index in [1.54, 1.807) is 0 Å². The first kappa shape index (κ1) is 13.9. The van der Waals surface area contributed by atoms with Crippen LogP contribution in [0.15, 0.2) is 36.4 Å². The average Bonchev–Trinajstić information content (AvgIpc) is 2.81. The molecule has 0 saturated heterocycles. The van der Waals surface area contributed by atoms with E-state index in [0.717, 1.165) is 25.1 Å². The summed E-state index contributed by atoms with van der Waals surface area (Å²) in [6, 6.07) is 12.9. The van der Waals surface area contributed by atoms with Crippen molar-refractivity contribution in [1.82, 2.24) is 4.57 Å². The Morgan fingerprint density at radius 1 is 1.00 bits per heavy atom. The first-order valence-electron chi connectivity index (χ1n) is 7.08. The zero-order valence-electron chi connectivity index (χ0n) is 11.9. The third-order valence-electron chi connectivity index (χ3n) is 3.56. The molecule has 0 unspecified atom stereocenters. The van der Waals surface area contributed by atoms with Crippen molar-refractivity contribution in [3.63, 3.8) is 0 Å². The second-order valence-corrected chi connectivity index (χ2v) is 5.14. The number of aliphatic hydroxyl groups is 1. The van der Waals surface area contributed by atoms with Crippen LogP contribution in [0.5, 0.6) is 0 Å². The van der Waals surface area contributed by atoms with Crippen molar-refractivity contribution in [3.8, 4) is 0 Å². The molecule has 102 valence electrons. The highest BCUT2D eigenvalue weighted by Crippen LogP contribution is 2.16. The van der Waals surface area contributed by atoms with E-state index in [-0.39, 0.29) is 6.61 Å². The van der Waals surface area contributed by atoms with Crippen molar-refractivity contribution < 1.29 is 5.11 Å². The highest BCUT2D eigenvalue weighted by atomic mass is 16.3. The highest BCUT2D eigenvalue weighted by Gasteiger charge is 2.07. The van der Waals surface area contributed by atoms with Crippen LogP contribution in [0.1, 0.15) is 42.3 Å². The van der Waals surface area contributed by atoms with Crippen molar-refractivity contribution in [2.75, 3.05) is 0 Å². The molecule has 1 aromatic heterocycles. The molecule has 0 aliphatic heterocycles. The zero-order valence-corrected chi connectivity index (χ0v) is 11.9. The Morgan fingerprint density at radius 2 is 1.68 bits per heavy atom. The Bertz CT molecular complexity index is 511. The van der Waals surface area contributed by atoms with Crippen LogP contribution in [0.4, 0.5) is 0 Å². The molecule has 0 radical (unpaired) electrons. The molecule has 0 bridgehead atoms. The Kier molecular flexibility index (Phi) is 4.80. The fraction of sp³-hybridized carbons (Fsp3) is 0.412. The standard InChI is InChI=1S/C17H23NO/c1-3-4-11-18-16(9-10-17(18)13-19)12-15-7-5-14(2)6-8-15/h5-10,19H,3-4,11-13H2,1-2H3. The van der Waals surface area contributed by atoms with Crippen molar-refractivity contribution in [2.45, 2.75) is 46.3 Å². The number of rotatable bonds is 6. The summed E-state index contributed by atoms with van der Waals surface area (Å²) in [4.78, 5) is 0. The summed E-state index contributed by atoms with van der Waals surface area (Å²) in [5.41, 5.74) is 4.93. The van der Waals surface area contributed by atoms with Gasteiger partial charge in [-0.1, -0.05) is 43.2 Å². The lowest BCUT2D eigenvalue weighted by Crippen LogP contribution is -2.07. The third kappa shape index (κ3) is 3.48. The molecule has 0 fully saturated rings. The Labute approximate surface area is 115 Å². The van der Waals surface area contributed by atoms with Gasteiger partial charge >= 0.3 is 0 Å². The van der Waals surface area contributed by atoms with Crippen LogP contribution in [-0.2, 0) is 19.6 Å². The molecule has 0 atom stereocenters. The predicted octanol–water partition coefficient (Wildman–Crippen LogP) is 3.68. The maximum atomic E-state index is 9.41. The topological polar surface area (TPSA) is 25.2 Å². The van der Waals surface area contributed by atoms with Gasteiger partial charge in [0, 0.05) is 24.4 Å². The normalized spacial score (nSPS) is 10.9. The predicted molar refractivity (Wildman–Crippen MR) is 79.2 cm³/mol. The molecule has 2 heteroatoms. The summed E-state index contributed by atoms with van der Waals surface area (Å²) in [7, 11) is 0. The number of aliphatic hydroxyl groups excluding tert-OH is 1. The van der Waals surface area contributed by atoms with E-state index in [9.17, 15) is 5.11 Å². The molecular weight excluding hydrogens is 234 g/mol. The van der Waals surface area contributed by atoms with Crippen LogP contribution >= 0.6 is 0 Å². The number of hydrogen-bond donors (Lipinski definition) is 1. The molecule has 19 heavy (non-hydrogen) atoms. The van der Waals surface area contributed by atoms with Gasteiger partial charge in [-0.2, -0.15) is 0 Å². The maximum Gasteiger partial charge on any atom is 0.0832 e. The molecule has 2 nitrogen and oxygen atoms in total. The van der Waals surface area contributed by atoms with Gasteiger partial charge in [0.25, 0.3) is 0 Å². The van der Waals surface area contributed by atoms with Gasteiger partial charge in [-0.15, -0.1) is 0 Å². The van der Waals surface area contributed by atoms with Crippen LogP contribution in [-0.4, -0.2) is 9.67 Å². The first-order chi connectivity index (χ1) is 9.24. The molecule has 0 spiro atoms. The summed E-state index contributed by atoms with van der Waals surface area (Å²) in [5.74, 6) is 0. The lowest BCUT2D eigenvalue weighted by molar-refractivity contribution is 0.269. The van der Waals surface area contributed by atoms with Gasteiger partial charge < -0.3 is 9.67 Å². The first-order valence-corrected chi connectivity index (χ1v) is 7.08. The second-order valence-electron chi connectivity index (χ2n) is 5.14. The third-order valence-corrected chi connectivity index (χ3v) is 3.56. The molecule has 0 amide bonds. The second kappa shape index (κ2) is 6.58. The lowest BCUT2D eigenvalue weighted by Gasteiger charge is -2.12. The highest BCUT2D eigenvalue weighted by molar-refractivity contribution is 5.27. The van der Waals surface area contributed by atoms with Gasteiger partial charge in [0.1, 0.15) is 0 Å². The zero-order chi connectivity index (χ0) is 13.7. The minimum atomic E-state index is 0.123. The minimum absolute atomic E-state index is 0.123. The number of unbranched alkanes of at least 4 members (excludes halogenated alkanes) is 1. The van der Waals surface area contributed by atoms with E-state index in [0.29, 0.717) is 0 Å². The van der Waals surface area contributed by atoms with E-state index in [4.69, 9.17) is 0 Å². The van der Waals surface area contributed by atoms with E-state index >= 15 is 0 Å². The number of benzene rings is 1. The van der Waals surface area contributed by atoms with Gasteiger partial charge in [-0.05, 0) is 31.0 Å². The molecule has 2 aromatic rings. The summed E-state index contributed by atoms with van der Waals surface area (Å²) in [6.45, 7) is 5.43. The number of hydrogen-bond acceptors (Lipinski definition) is 1. The Balaban J connectivity index is 2.19. The lowest BCUT2D eigenvalue weighted by atomic mass is 10.1. The molecule has 2 rings (SSSR count). The smallest absolute Gasteiger partial charge is 0.0832 e. The molecule has 1 heterocycles. The van der Waals surface area contributed by atoms with Gasteiger partial charge in [-0.3, -0.25) is 0 Å². The fourth-order valence-corrected chi connectivity index (χ4v) is 2.37. The van der Waals surface area contributed by atoms with Crippen molar-refractivity contribution in [2.24, 2.45) is 0 Å². The van der Waals surface area contributed by atoms with Gasteiger partial charge in [-0.25, -0.2) is 0 Å².